The molecule has 220 valence electrons. The second-order valence-electron chi connectivity index (χ2n) is 11.8. The van der Waals surface area contributed by atoms with Crippen LogP contribution in [0, 0.1) is 0 Å². The Morgan fingerprint density at radius 2 is 1.75 bits per heavy atom. The number of alkyl halides is 3. The molecule has 4 amide bonds. The molecule has 0 bridgehead atoms. The Hall–Kier alpha value is -3.15. The summed E-state index contributed by atoms with van der Waals surface area (Å²) in [5, 5.41) is 8.55. The number of carbonyl (C=O) groups is 4. The van der Waals surface area contributed by atoms with E-state index in [4.69, 9.17) is 4.74 Å². The van der Waals surface area contributed by atoms with Gasteiger partial charge in [-0.05, 0) is 76.5 Å². The lowest BCUT2D eigenvalue weighted by Crippen LogP contribution is -2.52. The van der Waals surface area contributed by atoms with Crippen molar-refractivity contribution in [1.29, 1.82) is 0 Å². The third-order valence-electron chi connectivity index (χ3n) is 7.60. The van der Waals surface area contributed by atoms with Crippen LogP contribution in [0.25, 0.3) is 0 Å². The van der Waals surface area contributed by atoms with Gasteiger partial charge in [-0.15, -0.1) is 0 Å². The summed E-state index contributed by atoms with van der Waals surface area (Å²) in [6.45, 7) is 5.44. The van der Waals surface area contributed by atoms with E-state index in [-0.39, 0.29) is 43.8 Å². The van der Waals surface area contributed by atoms with E-state index in [1.165, 1.54) is 4.90 Å². The average Bonchev–Trinajstić information content (AvgIpc) is 3.17. The van der Waals surface area contributed by atoms with Gasteiger partial charge in [-0.3, -0.25) is 19.7 Å². The molecular weight excluding hydrogens is 529 g/mol. The smallest absolute Gasteiger partial charge is 0.407 e. The van der Waals surface area contributed by atoms with Crippen LogP contribution in [0.5, 0.6) is 0 Å². The lowest BCUT2D eigenvalue weighted by atomic mass is 9.88. The number of ether oxygens (including phenoxy) is 1. The first kappa shape index (κ1) is 29.8. The molecule has 1 aliphatic carbocycles. The van der Waals surface area contributed by atoms with Gasteiger partial charge in [-0.1, -0.05) is 12.1 Å². The Morgan fingerprint density at radius 3 is 2.38 bits per heavy atom. The number of rotatable bonds is 7. The minimum absolute atomic E-state index is 0.0749. The molecule has 0 aromatic heterocycles. The maximum Gasteiger partial charge on any atom is 0.407 e. The number of amides is 4. The molecule has 2 fully saturated rings. The summed E-state index contributed by atoms with van der Waals surface area (Å²) in [6.07, 6.45) is -3.11. The van der Waals surface area contributed by atoms with Crippen molar-refractivity contribution in [2.45, 2.75) is 115 Å². The van der Waals surface area contributed by atoms with E-state index in [0.29, 0.717) is 42.4 Å². The van der Waals surface area contributed by atoms with Crippen LogP contribution in [-0.2, 0) is 20.9 Å². The van der Waals surface area contributed by atoms with Crippen molar-refractivity contribution >= 4 is 23.8 Å². The molecule has 0 unspecified atom stereocenters. The number of imide groups is 1. The van der Waals surface area contributed by atoms with Crippen molar-refractivity contribution in [3.8, 4) is 0 Å². The maximum absolute atomic E-state index is 13.3. The van der Waals surface area contributed by atoms with Gasteiger partial charge >= 0.3 is 12.3 Å². The van der Waals surface area contributed by atoms with E-state index < -0.39 is 48.2 Å². The van der Waals surface area contributed by atoms with Gasteiger partial charge in [0, 0.05) is 43.1 Å². The molecule has 2 atom stereocenters. The molecular formula is C28H37F3N4O5. The molecule has 3 N–H and O–H groups in total. The molecule has 0 radical (unpaired) electrons. The number of hydrogen-bond donors (Lipinski definition) is 3. The Balaban J connectivity index is 1.47. The number of carbonyl (C=O) groups excluding carboxylic acids is 4. The summed E-state index contributed by atoms with van der Waals surface area (Å²) in [5.74, 6) is -1.30. The van der Waals surface area contributed by atoms with Gasteiger partial charge in [0.05, 0.1) is 0 Å². The fourth-order valence-electron chi connectivity index (χ4n) is 5.74. The zero-order valence-corrected chi connectivity index (χ0v) is 23.0. The van der Waals surface area contributed by atoms with Crippen molar-refractivity contribution in [3.05, 3.63) is 34.9 Å². The Labute approximate surface area is 231 Å². The molecule has 12 heteroatoms. The summed E-state index contributed by atoms with van der Waals surface area (Å²) < 4.78 is 45.2. The first-order chi connectivity index (χ1) is 18.7. The highest BCUT2D eigenvalue weighted by molar-refractivity contribution is 6.05. The van der Waals surface area contributed by atoms with Crippen molar-refractivity contribution in [2.24, 2.45) is 0 Å². The number of nitrogens with zero attached hydrogens (tertiary/aromatic N) is 1. The van der Waals surface area contributed by atoms with Crippen molar-refractivity contribution < 1.29 is 37.1 Å². The molecule has 2 aliphatic heterocycles. The van der Waals surface area contributed by atoms with E-state index >= 15 is 0 Å². The molecule has 1 aromatic carbocycles. The van der Waals surface area contributed by atoms with Gasteiger partial charge in [-0.25, -0.2) is 4.79 Å². The van der Waals surface area contributed by atoms with Crippen LogP contribution in [0.2, 0.25) is 0 Å². The largest absolute Gasteiger partial charge is 0.444 e. The first-order valence-electron chi connectivity index (χ1n) is 13.8. The molecule has 40 heavy (non-hydrogen) atoms. The summed E-state index contributed by atoms with van der Waals surface area (Å²) in [6, 6.07) is 3.40. The standard InChI is InChI=1S/C28H37F3N4O5/c1-27(2,3)40-26(39)33-17-9-7-16(8-10-17)32-21(13-14-28(29,30)31)18-5-4-6-19-20(18)15-35(25(19)38)22-11-12-23(36)34-24(22)37/h4-6,16-17,21-22,32H,7-15H2,1-3H3,(H,33,39)(H,34,36,37)/t16?,17?,21-,22-/m1/s1. The lowest BCUT2D eigenvalue weighted by Gasteiger charge is -2.34. The predicted octanol–water partition coefficient (Wildman–Crippen LogP) is 4.26. The highest BCUT2D eigenvalue weighted by atomic mass is 19.4. The number of nitrogens with one attached hydrogen (secondary N) is 3. The number of piperidine rings is 1. The quantitative estimate of drug-likeness (QED) is 0.425. The topological polar surface area (TPSA) is 117 Å². The van der Waals surface area contributed by atoms with E-state index in [1.54, 1.807) is 39.0 Å². The Morgan fingerprint density at radius 1 is 1.07 bits per heavy atom. The number of alkyl carbamates (subject to hydrolysis) is 1. The fourth-order valence-corrected chi connectivity index (χ4v) is 5.74. The van der Waals surface area contributed by atoms with Crippen molar-refractivity contribution in [1.82, 2.24) is 20.9 Å². The second kappa shape index (κ2) is 11.8. The van der Waals surface area contributed by atoms with Gasteiger partial charge in [0.15, 0.2) is 0 Å². The van der Waals surface area contributed by atoms with Crippen LogP contribution < -0.4 is 16.0 Å². The van der Waals surface area contributed by atoms with Crippen LogP contribution in [0.15, 0.2) is 18.2 Å². The molecule has 0 spiro atoms. The summed E-state index contributed by atoms with van der Waals surface area (Å²) in [4.78, 5) is 50.8. The van der Waals surface area contributed by atoms with Gasteiger partial charge in [-0.2, -0.15) is 13.2 Å². The second-order valence-corrected chi connectivity index (χ2v) is 11.8. The van der Waals surface area contributed by atoms with Gasteiger partial charge in [0.2, 0.25) is 11.8 Å². The lowest BCUT2D eigenvalue weighted by molar-refractivity contribution is -0.138. The van der Waals surface area contributed by atoms with Crippen LogP contribution in [0.4, 0.5) is 18.0 Å². The van der Waals surface area contributed by atoms with Crippen LogP contribution in [0.3, 0.4) is 0 Å². The molecule has 9 nitrogen and oxygen atoms in total. The summed E-state index contributed by atoms with van der Waals surface area (Å²) >= 11 is 0. The maximum atomic E-state index is 13.3. The molecule has 1 saturated carbocycles. The monoisotopic (exact) mass is 566 g/mol. The van der Waals surface area contributed by atoms with Gasteiger partial charge in [0.1, 0.15) is 11.6 Å². The highest BCUT2D eigenvalue weighted by Gasteiger charge is 2.41. The van der Waals surface area contributed by atoms with Gasteiger partial charge < -0.3 is 20.3 Å². The molecule has 1 saturated heterocycles. The number of halogens is 3. The predicted molar refractivity (Wildman–Crippen MR) is 139 cm³/mol. The Kier molecular flexibility index (Phi) is 8.77. The molecule has 4 rings (SSSR count). The van der Waals surface area contributed by atoms with E-state index in [2.05, 4.69) is 16.0 Å². The fraction of sp³-hybridized carbons (Fsp3) is 0.643. The highest BCUT2D eigenvalue weighted by Crippen LogP contribution is 2.36. The van der Waals surface area contributed by atoms with E-state index in [9.17, 15) is 32.3 Å². The summed E-state index contributed by atoms with van der Waals surface area (Å²) in [7, 11) is 0. The average molecular weight is 567 g/mol. The Bertz CT molecular complexity index is 1140. The van der Waals surface area contributed by atoms with Crippen LogP contribution in [0.1, 0.15) is 99.7 Å². The zero-order chi connectivity index (χ0) is 29.2. The third-order valence-corrected chi connectivity index (χ3v) is 7.60. The third kappa shape index (κ3) is 7.52. The molecule has 2 heterocycles. The van der Waals surface area contributed by atoms with E-state index in [1.807, 2.05) is 0 Å². The number of hydrogen-bond acceptors (Lipinski definition) is 6. The van der Waals surface area contributed by atoms with Crippen molar-refractivity contribution in [3.63, 3.8) is 0 Å². The first-order valence-corrected chi connectivity index (χ1v) is 13.8. The van der Waals surface area contributed by atoms with Gasteiger partial charge in [0.25, 0.3) is 5.91 Å². The zero-order valence-electron chi connectivity index (χ0n) is 23.0. The minimum Gasteiger partial charge on any atom is -0.444 e. The molecule has 1 aromatic rings. The number of benzene rings is 1. The van der Waals surface area contributed by atoms with Crippen molar-refractivity contribution in [2.75, 3.05) is 0 Å². The SMILES string of the molecule is CC(C)(C)OC(=O)NC1CCC(N[C@H](CCC(F)(F)F)c2cccc3c2CN([C@@H]2CCC(=O)NC2=O)C3=O)CC1. The van der Waals surface area contributed by atoms with Crippen LogP contribution >= 0.6 is 0 Å². The van der Waals surface area contributed by atoms with Crippen LogP contribution in [-0.4, -0.2) is 58.6 Å². The minimum atomic E-state index is -4.35. The number of fused-ring (bicyclic) bond motifs is 1. The van der Waals surface area contributed by atoms with E-state index in [0.717, 1.165) is 0 Å². The summed E-state index contributed by atoms with van der Waals surface area (Å²) in [5.41, 5.74) is 0.974. The molecule has 3 aliphatic rings. The normalized spacial score (nSPS) is 24.4.